The summed E-state index contributed by atoms with van der Waals surface area (Å²) < 4.78 is 0. The molecule has 0 unspecified atom stereocenters. The number of hydrogen-bond acceptors (Lipinski definition) is 4. The topological polar surface area (TPSA) is 51.6 Å². The Balaban J connectivity index is 1.42. The van der Waals surface area contributed by atoms with E-state index in [1.54, 1.807) is 0 Å². The van der Waals surface area contributed by atoms with Gasteiger partial charge in [-0.15, -0.1) is 0 Å². The summed E-state index contributed by atoms with van der Waals surface area (Å²) in [5, 5.41) is 0.648. The first-order chi connectivity index (χ1) is 18.6. The molecule has 0 saturated carbocycles. The fourth-order valence-electron chi connectivity index (χ4n) is 4.66. The first kappa shape index (κ1) is 24.0. The molecule has 1 aliphatic carbocycles. The van der Waals surface area contributed by atoms with Crippen molar-refractivity contribution in [2.24, 2.45) is 0 Å². The highest BCUT2D eigenvalue weighted by molar-refractivity contribution is 6.31. The molecular formula is C33H25ClN4. The Kier molecular flexibility index (Phi) is 6.40. The van der Waals surface area contributed by atoms with Crippen LogP contribution in [0.5, 0.6) is 0 Å². The van der Waals surface area contributed by atoms with Gasteiger partial charge in [0.2, 0.25) is 0 Å². The first-order valence-corrected chi connectivity index (χ1v) is 12.9. The van der Waals surface area contributed by atoms with E-state index in [2.05, 4.69) is 36.2 Å². The van der Waals surface area contributed by atoms with Crippen molar-refractivity contribution < 1.29 is 0 Å². The lowest BCUT2D eigenvalue weighted by Crippen LogP contribution is -2.20. The lowest BCUT2D eigenvalue weighted by atomic mass is 9.75. The van der Waals surface area contributed by atoms with Crippen LogP contribution in [0.25, 0.3) is 39.7 Å². The maximum Gasteiger partial charge on any atom is 0.164 e. The number of halogens is 1. The average Bonchev–Trinajstić information content (AvgIpc) is 2.98. The molecule has 0 spiro atoms. The third kappa shape index (κ3) is 4.91. The molecule has 4 nitrogen and oxygen atoms in total. The Morgan fingerprint density at radius 3 is 1.84 bits per heavy atom. The Morgan fingerprint density at radius 2 is 1.29 bits per heavy atom. The van der Waals surface area contributed by atoms with Crippen LogP contribution in [-0.2, 0) is 5.41 Å². The molecule has 0 N–H and O–H groups in total. The molecule has 0 radical (unpaired) electrons. The molecular weight excluding hydrogens is 488 g/mol. The second-order valence-electron chi connectivity index (χ2n) is 9.60. The summed E-state index contributed by atoms with van der Waals surface area (Å²) >= 11 is 6.70. The van der Waals surface area contributed by atoms with E-state index in [9.17, 15) is 0 Å². The van der Waals surface area contributed by atoms with E-state index in [-0.39, 0.29) is 5.41 Å². The fourth-order valence-corrected chi connectivity index (χ4v) is 4.89. The van der Waals surface area contributed by atoms with Gasteiger partial charge in [0.15, 0.2) is 17.5 Å². The molecule has 1 aliphatic rings. The molecule has 0 saturated heterocycles. The SMILES string of the molecule is C[C@@]1(c2cc(Cl)cc(-c3nc(-c4ccccc4)nc(-c4ccccc4)n3)c2)C=CC(c2ccccn2)=CC1. The number of hydrogen-bond donors (Lipinski definition) is 0. The predicted molar refractivity (Wildman–Crippen MR) is 154 cm³/mol. The van der Waals surface area contributed by atoms with Crippen molar-refractivity contribution in [3.8, 4) is 34.2 Å². The van der Waals surface area contributed by atoms with Crippen molar-refractivity contribution in [1.82, 2.24) is 19.9 Å². The van der Waals surface area contributed by atoms with Crippen molar-refractivity contribution >= 4 is 17.2 Å². The third-order valence-electron chi connectivity index (χ3n) is 6.85. The van der Waals surface area contributed by atoms with Crippen LogP contribution in [0.3, 0.4) is 0 Å². The molecule has 3 aromatic carbocycles. The van der Waals surface area contributed by atoms with Gasteiger partial charge in [-0.2, -0.15) is 0 Å². The van der Waals surface area contributed by atoms with Crippen LogP contribution in [-0.4, -0.2) is 19.9 Å². The number of nitrogens with zero attached hydrogens (tertiary/aromatic N) is 4. The van der Waals surface area contributed by atoms with Crippen molar-refractivity contribution in [3.05, 3.63) is 138 Å². The van der Waals surface area contributed by atoms with Crippen LogP contribution < -0.4 is 0 Å². The number of pyridine rings is 1. The molecule has 0 fully saturated rings. The summed E-state index contributed by atoms with van der Waals surface area (Å²) in [7, 11) is 0. The van der Waals surface area contributed by atoms with Gasteiger partial charge >= 0.3 is 0 Å². The monoisotopic (exact) mass is 512 g/mol. The molecule has 0 amide bonds. The Hall–Kier alpha value is -4.41. The van der Waals surface area contributed by atoms with Gasteiger partial charge in [0.25, 0.3) is 0 Å². The summed E-state index contributed by atoms with van der Waals surface area (Å²) in [4.78, 5) is 19.1. The minimum absolute atomic E-state index is 0.227. The summed E-state index contributed by atoms with van der Waals surface area (Å²) in [5.41, 5.74) is 5.71. The lowest BCUT2D eigenvalue weighted by Gasteiger charge is -2.29. The van der Waals surface area contributed by atoms with E-state index in [4.69, 9.17) is 26.6 Å². The zero-order valence-electron chi connectivity index (χ0n) is 20.9. The molecule has 6 rings (SSSR count). The van der Waals surface area contributed by atoms with Gasteiger partial charge in [0, 0.05) is 33.3 Å². The van der Waals surface area contributed by atoms with Crippen molar-refractivity contribution in [3.63, 3.8) is 0 Å². The quantitative estimate of drug-likeness (QED) is 0.238. The first-order valence-electron chi connectivity index (χ1n) is 12.6. The van der Waals surface area contributed by atoms with Crippen molar-refractivity contribution in [1.29, 1.82) is 0 Å². The molecule has 5 aromatic rings. The number of rotatable bonds is 5. The largest absolute Gasteiger partial charge is 0.256 e. The summed E-state index contributed by atoms with van der Waals surface area (Å²) in [5.74, 6) is 1.85. The van der Waals surface area contributed by atoms with E-state index < -0.39 is 0 Å². The molecule has 2 heterocycles. The molecule has 0 bridgehead atoms. The number of allylic oxidation sites excluding steroid dienone is 4. The van der Waals surface area contributed by atoms with E-state index in [1.807, 2.05) is 97.2 Å². The van der Waals surface area contributed by atoms with Crippen molar-refractivity contribution in [2.45, 2.75) is 18.8 Å². The molecule has 184 valence electrons. The fraction of sp³-hybridized carbons (Fsp3) is 0.0909. The van der Waals surface area contributed by atoms with E-state index in [1.165, 1.54) is 0 Å². The Labute approximate surface area is 227 Å². The van der Waals surface area contributed by atoms with Gasteiger partial charge in [-0.25, -0.2) is 15.0 Å². The van der Waals surface area contributed by atoms with Gasteiger partial charge in [-0.3, -0.25) is 4.98 Å². The summed E-state index contributed by atoms with van der Waals surface area (Å²) in [6, 6.07) is 32.0. The highest BCUT2D eigenvalue weighted by Crippen LogP contribution is 2.38. The normalized spacial score (nSPS) is 16.7. The molecule has 38 heavy (non-hydrogen) atoms. The molecule has 0 aliphatic heterocycles. The molecule has 5 heteroatoms. The standard InChI is InChI=1S/C33H25ClN4/c1-33(17-15-23(16-18-33)29-14-8-9-19-35-29)27-20-26(21-28(34)22-27)32-37-30(24-10-4-2-5-11-24)36-31(38-32)25-12-6-3-7-13-25/h2-17,19-22H,18H2,1H3/t33-/m1/s1. The average molecular weight is 513 g/mol. The van der Waals surface area contributed by atoms with Crippen LogP contribution in [0, 0.1) is 0 Å². The van der Waals surface area contributed by atoms with E-state index in [0.717, 1.165) is 39.9 Å². The van der Waals surface area contributed by atoms with Crippen LogP contribution >= 0.6 is 11.6 Å². The number of benzene rings is 3. The van der Waals surface area contributed by atoms with Crippen LogP contribution in [0.4, 0.5) is 0 Å². The lowest BCUT2D eigenvalue weighted by molar-refractivity contribution is 0.601. The minimum Gasteiger partial charge on any atom is -0.256 e. The maximum atomic E-state index is 6.70. The highest BCUT2D eigenvalue weighted by Gasteiger charge is 2.27. The smallest absolute Gasteiger partial charge is 0.164 e. The van der Waals surface area contributed by atoms with Gasteiger partial charge < -0.3 is 0 Å². The predicted octanol–water partition coefficient (Wildman–Crippen LogP) is 8.22. The van der Waals surface area contributed by atoms with Crippen LogP contribution in [0.2, 0.25) is 5.02 Å². The van der Waals surface area contributed by atoms with Gasteiger partial charge in [0.05, 0.1) is 5.69 Å². The second kappa shape index (κ2) is 10.2. The number of aromatic nitrogens is 4. The minimum atomic E-state index is -0.227. The van der Waals surface area contributed by atoms with Gasteiger partial charge in [0.1, 0.15) is 0 Å². The molecule has 2 aromatic heterocycles. The van der Waals surface area contributed by atoms with E-state index >= 15 is 0 Å². The Bertz CT molecular complexity index is 1590. The highest BCUT2D eigenvalue weighted by atomic mass is 35.5. The third-order valence-corrected chi connectivity index (χ3v) is 7.07. The van der Waals surface area contributed by atoms with Crippen LogP contribution in [0.1, 0.15) is 24.6 Å². The summed E-state index contributed by atoms with van der Waals surface area (Å²) in [6.45, 7) is 2.23. The Morgan fingerprint density at radius 1 is 0.684 bits per heavy atom. The second-order valence-corrected chi connectivity index (χ2v) is 10.0. The van der Waals surface area contributed by atoms with Gasteiger partial charge in [-0.1, -0.05) is 103 Å². The van der Waals surface area contributed by atoms with Gasteiger partial charge in [-0.05, 0) is 47.9 Å². The zero-order valence-corrected chi connectivity index (χ0v) is 21.7. The maximum absolute atomic E-state index is 6.70. The summed E-state index contributed by atoms with van der Waals surface area (Å²) in [6.07, 6.45) is 9.29. The van der Waals surface area contributed by atoms with Crippen LogP contribution in [0.15, 0.2) is 121 Å². The molecule has 1 atom stereocenters. The van der Waals surface area contributed by atoms with E-state index in [0.29, 0.717) is 22.5 Å². The van der Waals surface area contributed by atoms with Crippen molar-refractivity contribution in [2.75, 3.05) is 0 Å². The zero-order chi connectivity index (χ0) is 26.0.